The number of hydrogen-bond acceptors (Lipinski definition) is 5. The van der Waals surface area contributed by atoms with Gasteiger partial charge in [0, 0.05) is 18.1 Å². The summed E-state index contributed by atoms with van der Waals surface area (Å²) in [6.07, 6.45) is -4.36. The van der Waals surface area contributed by atoms with Gasteiger partial charge in [-0.05, 0) is 11.6 Å². The Labute approximate surface area is 105 Å². The number of anilines is 2. The topological polar surface area (TPSA) is 63.8 Å². The van der Waals surface area contributed by atoms with E-state index in [-0.39, 0.29) is 18.1 Å². The molecule has 4 nitrogen and oxygen atoms in total. The van der Waals surface area contributed by atoms with Crippen molar-refractivity contribution in [2.45, 2.75) is 12.7 Å². The lowest BCUT2D eigenvalue weighted by atomic mass is 10.1. The maximum absolute atomic E-state index is 12.7. The van der Waals surface area contributed by atoms with Crippen LogP contribution in [0.2, 0.25) is 0 Å². The zero-order valence-corrected chi connectivity index (χ0v) is 9.85. The van der Waals surface area contributed by atoms with E-state index in [9.17, 15) is 13.2 Å². The summed E-state index contributed by atoms with van der Waals surface area (Å²) in [6, 6.07) is 5.38. The van der Waals surface area contributed by atoms with Gasteiger partial charge in [0.25, 0.3) is 0 Å². The highest BCUT2D eigenvalue weighted by molar-refractivity contribution is 7.09. The number of aromatic nitrogens is 2. The van der Waals surface area contributed by atoms with E-state index in [1.54, 1.807) is 6.07 Å². The Bertz CT molecular complexity index is 538. The molecule has 96 valence electrons. The molecule has 0 aliphatic rings. The Morgan fingerprint density at radius 2 is 2.00 bits per heavy atom. The van der Waals surface area contributed by atoms with Gasteiger partial charge in [-0.1, -0.05) is 18.2 Å². The average molecular weight is 274 g/mol. The van der Waals surface area contributed by atoms with Crippen LogP contribution in [-0.4, -0.2) is 9.36 Å². The van der Waals surface area contributed by atoms with Gasteiger partial charge in [0.2, 0.25) is 11.1 Å². The molecule has 2 aromatic rings. The fraction of sp³-hybridized carbons (Fsp3) is 0.200. The third kappa shape index (κ3) is 2.89. The Morgan fingerprint density at radius 3 is 2.61 bits per heavy atom. The van der Waals surface area contributed by atoms with Crippen LogP contribution in [0, 0.1) is 0 Å². The molecular weight excluding hydrogens is 265 g/mol. The number of halogens is 3. The van der Waals surface area contributed by atoms with E-state index in [1.165, 1.54) is 12.1 Å². The second-order valence-corrected chi connectivity index (χ2v) is 4.22. The number of benzene rings is 1. The molecule has 18 heavy (non-hydrogen) atoms. The third-order valence-electron chi connectivity index (χ3n) is 2.19. The minimum Gasteiger partial charge on any atom is -0.367 e. The monoisotopic (exact) mass is 274 g/mol. The van der Waals surface area contributed by atoms with Crippen molar-refractivity contribution in [2.24, 2.45) is 0 Å². The molecule has 1 heterocycles. The summed E-state index contributed by atoms with van der Waals surface area (Å²) in [5.41, 5.74) is 4.81. The average Bonchev–Trinajstić information content (AvgIpc) is 2.72. The van der Waals surface area contributed by atoms with Crippen LogP contribution in [0.4, 0.5) is 24.3 Å². The summed E-state index contributed by atoms with van der Waals surface area (Å²) < 4.78 is 41.8. The fourth-order valence-electron chi connectivity index (χ4n) is 1.43. The van der Waals surface area contributed by atoms with Gasteiger partial charge in [-0.25, -0.2) is 0 Å². The molecule has 0 saturated carbocycles. The fourth-order valence-corrected chi connectivity index (χ4v) is 1.92. The zero-order chi connectivity index (χ0) is 13.2. The number of nitrogens with two attached hydrogens (primary N) is 1. The predicted octanol–water partition coefficient (Wildman–Crippen LogP) is 2.75. The van der Waals surface area contributed by atoms with Crippen LogP contribution in [0.1, 0.15) is 11.1 Å². The molecule has 0 radical (unpaired) electrons. The van der Waals surface area contributed by atoms with E-state index in [4.69, 9.17) is 5.73 Å². The van der Waals surface area contributed by atoms with Crippen LogP contribution in [0.5, 0.6) is 0 Å². The lowest BCUT2D eigenvalue weighted by Crippen LogP contribution is -2.11. The standard InChI is InChI=1S/C10H9F3N4S/c11-10(12,13)7-4-2-1-3-6(7)5-15-9-16-8(14)17-18-9/h1-4H,5H2,(H3,14,15,16,17). The van der Waals surface area contributed by atoms with Crippen LogP contribution in [0.3, 0.4) is 0 Å². The largest absolute Gasteiger partial charge is 0.416 e. The second kappa shape index (κ2) is 4.81. The maximum atomic E-state index is 12.7. The minimum absolute atomic E-state index is 0.0182. The van der Waals surface area contributed by atoms with Crippen LogP contribution < -0.4 is 11.1 Å². The van der Waals surface area contributed by atoms with Crippen molar-refractivity contribution in [3.05, 3.63) is 35.4 Å². The quantitative estimate of drug-likeness (QED) is 0.903. The highest BCUT2D eigenvalue weighted by Crippen LogP contribution is 2.32. The van der Waals surface area contributed by atoms with Gasteiger partial charge < -0.3 is 11.1 Å². The van der Waals surface area contributed by atoms with Crippen molar-refractivity contribution < 1.29 is 13.2 Å². The normalized spacial score (nSPS) is 11.5. The van der Waals surface area contributed by atoms with Crippen molar-refractivity contribution in [3.8, 4) is 0 Å². The SMILES string of the molecule is Nc1nsc(NCc2ccccc2C(F)(F)F)n1. The summed E-state index contributed by atoms with van der Waals surface area (Å²) in [5, 5.41) is 3.15. The van der Waals surface area contributed by atoms with Crippen molar-refractivity contribution >= 4 is 22.6 Å². The first-order valence-electron chi connectivity index (χ1n) is 4.95. The van der Waals surface area contributed by atoms with E-state index < -0.39 is 11.7 Å². The zero-order valence-electron chi connectivity index (χ0n) is 9.03. The molecule has 0 spiro atoms. The second-order valence-electron chi connectivity index (χ2n) is 3.47. The molecule has 2 rings (SSSR count). The number of hydrogen-bond donors (Lipinski definition) is 2. The Balaban J connectivity index is 2.14. The molecular formula is C10H9F3N4S. The summed E-state index contributed by atoms with van der Waals surface area (Å²) in [7, 11) is 0. The number of nitrogens with zero attached hydrogens (tertiary/aromatic N) is 2. The molecule has 8 heteroatoms. The molecule has 1 aromatic carbocycles. The van der Waals surface area contributed by atoms with E-state index in [0.717, 1.165) is 17.6 Å². The number of nitrogen functional groups attached to an aromatic ring is 1. The van der Waals surface area contributed by atoms with E-state index >= 15 is 0 Å². The molecule has 1 aromatic heterocycles. The summed E-state index contributed by atoms with van der Waals surface area (Å²) in [6.45, 7) is 0.0182. The molecule has 3 N–H and O–H groups in total. The summed E-state index contributed by atoms with van der Waals surface area (Å²) >= 11 is 1.00. The lowest BCUT2D eigenvalue weighted by molar-refractivity contribution is -0.138. The maximum Gasteiger partial charge on any atom is 0.416 e. The molecule has 0 unspecified atom stereocenters. The van der Waals surface area contributed by atoms with Crippen molar-refractivity contribution in [1.29, 1.82) is 0 Å². The van der Waals surface area contributed by atoms with Gasteiger partial charge in [0.1, 0.15) is 0 Å². The van der Waals surface area contributed by atoms with Crippen LogP contribution in [0.15, 0.2) is 24.3 Å². The number of nitrogens with one attached hydrogen (secondary N) is 1. The summed E-state index contributed by atoms with van der Waals surface area (Å²) in [4.78, 5) is 3.81. The molecule has 0 aliphatic heterocycles. The smallest absolute Gasteiger partial charge is 0.367 e. The van der Waals surface area contributed by atoms with Gasteiger partial charge in [0.05, 0.1) is 5.56 Å². The van der Waals surface area contributed by atoms with Crippen LogP contribution >= 0.6 is 11.5 Å². The number of alkyl halides is 3. The molecule has 0 bridgehead atoms. The third-order valence-corrected chi connectivity index (χ3v) is 2.88. The predicted molar refractivity (Wildman–Crippen MR) is 63.1 cm³/mol. The van der Waals surface area contributed by atoms with E-state index in [1.807, 2.05) is 0 Å². The molecule has 0 saturated heterocycles. The first-order chi connectivity index (χ1) is 8.47. The first-order valence-corrected chi connectivity index (χ1v) is 5.72. The van der Waals surface area contributed by atoms with Gasteiger partial charge in [-0.3, -0.25) is 0 Å². The highest BCUT2D eigenvalue weighted by Gasteiger charge is 2.32. The van der Waals surface area contributed by atoms with Gasteiger partial charge in [-0.2, -0.15) is 22.5 Å². The van der Waals surface area contributed by atoms with Crippen molar-refractivity contribution in [3.63, 3.8) is 0 Å². The van der Waals surface area contributed by atoms with Crippen molar-refractivity contribution in [1.82, 2.24) is 9.36 Å². The molecule has 0 atom stereocenters. The highest BCUT2D eigenvalue weighted by atomic mass is 32.1. The molecule has 0 aliphatic carbocycles. The van der Waals surface area contributed by atoms with Gasteiger partial charge in [0.15, 0.2) is 0 Å². The Hall–Kier alpha value is -1.83. The van der Waals surface area contributed by atoms with E-state index in [0.29, 0.717) is 5.13 Å². The van der Waals surface area contributed by atoms with Gasteiger partial charge in [-0.15, -0.1) is 0 Å². The van der Waals surface area contributed by atoms with E-state index in [2.05, 4.69) is 14.7 Å². The van der Waals surface area contributed by atoms with Crippen LogP contribution in [0.25, 0.3) is 0 Å². The van der Waals surface area contributed by atoms with Crippen molar-refractivity contribution in [2.75, 3.05) is 11.1 Å². The minimum atomic E-state index is -4.36. The lowest BCUT2D eigenvalue weighted by Gasteiger charge is -2.12. The first kappa shape index (κ1) is 12.6. The Kier molecular flexibility index (Phi) is 3.37. The van der Waals surface area contributed by atoms with Crippen LogP contribution in [-0.2, 0) is 12.7 Å². The molecule has 0 fully saturated rings. The Morgan fingerprint density at radius 1 is 1.28 bits per heavy atom. The number of rotatable bonds is 3. The summed E-state index contributed by atoms with van der Waals surface area (Å²) in [5.74, 6) is 0.103. The van der Waals surface area contributed by atoms with Gasteiger partial charge >= 0.3 is 6.18 Å². The molecule has 0 amide bonds.